The first-order valence-corrected chi connectivity index (χ1v) is 4.49. The molecule has 0 aromatic rings. The smallest absolute Gasteiger partial charge is 0.0947 e. The number of hydrogen-bond acceptors (Lipinski definition) is 2. The van der Waals surface area contributed by atoms with E-state index >= 15 is 0 Å². The molecule has 0 radical (unpaired) electrons. The van der Waals surface area contributed by atoms with Gasteiger partial charge < -0.3 is 5.11 Å². The maximum Gasteiger partial charge on any atom is 0.0947 e. The fraction of sp³-hybridized carbons (Fsp3) is 0.545. The van der Waals surface area contributed by atoms with Gasteiger partial charge in [-0.1, -0.05) is 12.2 Å². The summed E-state index contributed by atoms with van der Waals surface area (Å²) in [6.07, 6.45) is 1.01. The Bertz CT molecular complexity index is 296. The maximum atomic E-state index is 9.65. The molecule has 1 aliphatic rings. The average Bonchev–Trinajstić information content (AvgIpc) is 2.09. The highest BCUT2D eigenvalue weighted by atomic mass is 16.3. The molecule has 0 aromatic heterocycles. The van der Waals surface area contributed by atoms with E-state index in [2.05, 4.69) is 12.6 Å². The molecule has 0 aliphatic heterocycles. The van der Waals surface area contributed by atoms with Gasteiger partial charge >= 0.3 is 0 Å². The van der Waals surface area contributed by atoms with Crippen LogP contribution in [0, 0.1) is 17.2 Å². The molecule has 2 nitrogen and oxygen atoms in total. The van der Waals surface area contributed by atoms with Crippen LogP contribution in [-0.4, -0.2) is 11.2 Å². The van der Waals surface area contributed by atoms with Gasteiger partial charge in [0.1, 0.15) is 0 Å². The lowest BCUT2D eigenvalue weighted by atomic mass is 9.80. The van der Waals surface area contributed by atoms with Gasteiger partial charge in [0, 0.05) is 5.57 Å². The molecule has 1 N–H and O–H groups in total. The third kappa shape index (κ3) is 1.99. The van der Waals surface area contributed by atoms with E-state index in [9.17, 15) is 5.11 Å². The van der Waals surface area contributed by atoms with Crippen molar-refractivity contribution in [3.63, 3.8) is 0 Å². The van der Waals surface area contributed by atoms with Crippen molar-refractivity contribution in [2.75, 3.05) is 0 Å². The summed E-state index contributed by atoms with van der Waals surface area (Å²) in [4.78, 5) is 0. The van der Waals surface area contributed by atoms with Crippen LogP contribution < -0.4 is 0 Å². The van der Waals surface area contributed by atoms with Crippen LogP contribution in [0.4, 0.5) is 0 Å². The summed E-state index contributed by atoms with van der Waals surface area (Å²) < 4.78 is 0. The molecule has 0 unspecified atom stereocenters. The second kappa shape index (κ2) is 3.76. The first-order valence-electron chi connectivity index (χ1n) is 4.49. The van der Waals surface area contributed by atoms with E-state index < -0.39 is 6.10 Å². The Morgan fingerprint density at radius 1 is 1.69 bits per heavy atom. The molecular weight excluding hydrogens is 162 g/mol. The fourth-order valence-corrected chi connectivity index (χ4v) is 1.65. The van der Waals surface area contributed by atoms with Crippen LogP contribution in [0.5, 0.6) is 0 Å². The summed E-state index contributed by atoms with van der Waals surface area (Å²) in [7, 11) is 0. The number of hydrogen-bond donors (Lipinski definition) is 1. The second-order valence-corrected chi connectivity index (χ2v) is 3.77. The van der Waals surface area contributed by atoms with Crippen molar-refractivity contribution in [2.45, 2.75) is 32.8 Å². The van der Waals surface area contributed by atoms with Crippen LogP contribution in [0.25, 0.3) is 0 Å². The Kier molecular flexibility index (Phi) is 2.90. The molecule has 1 aliphatic carbocycles. The molecule has 0 fully saturated rings. The minimum absolute atomic E-state index is 0.272. The molecule has 0 saturated carbocycles. The molecule has 0 heterocycles. The lowest BCUT2D eigenvalue weighted by Crippen LogP contribution is -2.22. The van der Waals surface area contributed by atoms with E-state index in [-0.39, 0.29) is 5.92 Å². The van der Waals surface area contributed by atoms with Crippen molar-refractivity contribution in [3.05, 3.63) is 23.3 Å². The summed E-state index contributed by atoms with van der Waals surface area (Å²) in [6.45, 7) is 7.65. The van der Waals surface area contributed by atoms with Gasteiger partial charge in [0.25, 0.3) is 0 Å². The van der Waals surface area contributed by atoms with Crippen LogP contribution >= 0.6 is 0 Å². The lowest BCUT2D eigenvalue weighted by Gasteiger charge is -2.27. The highest BCUT2D eigenvalue weighted by Crippen LogP contribution is 2.32. The van der Waals surface area contributed by atoms with Crippen LogP contribution in [-0.2, 0) is 0 Å². The van der Waals surface area contributed by atoms with E-state index in [1.807, 2.05) is 13.8 Å². The molecule has 0 amide bonds. The minimum atomic E-state index is -0.454. The summed E-state index contributed by atoms with van der Waals surface area (Å²) >= 11 is 0. The monoisotopic (exact) mass is 177 g/mol. The predicted octanol–water partition coefficient (Wildman–Crippen LogP) is 2.17. The van der Waals surface area contributed by atoms with Gasteiger partial charge in [0.05, 0.1) is 12.2 Å². The standard InChI is InChI=1S/C11H15NO/c1-7(2)9-4-10(6-12)8(3)11(13)5-9/h9,11,13H,1,4-5H2,2-3H3/t9-,11-/m0/s1. The molecular formula is C11H15NO. The van der Waals surface area contributed by atoms with Gasteiger partial charge in [0.15, 0.2) is 0 Å². The predicted molar refractivity (Wildman–Crippen MR) is 51.9 cm³/mol. The Balaban J connectivity index is 2.90. The number of nitriles is 1. The Morgan fingerprint density at radius 2 is 2.31 bits per heavy atom. The lowest BCUT2D eigenvalue weighted by molar-refractivity contribution is 0.172. The van der Waals surface area contributed by atoms with Crippen molar-refractivity contribution in [1.82, 2.24) is 0 Å². The molecule has 70 valence electrons. The summed E-state index contributed by atoms with van der Waals surface area (Å²) in [5.74, 6) is 0.272. The number of aliphatic hydroxyl groups excluding tert-OH is 1. The molecule has 2 atom stereocenters. The molecule has 1 rings (SSSR count). The summed E-state index contributed by atoms with van der Waals surface area (Å²) in [5.41, 5.74) is 2.62. The quantitative estimate of drug-likeness (QED) is 0.624. The van der Waals surface area contributed by atoms with E-state index in [4.69, 9.17) is 5.26 Å². The third-order valence-corrected chi connectivity index (χ3v) is 2.77. The first-order chi connectivity index (χ1) is 6.06. The first kappa shape index (κ1) is 10.0. The topological polar surface area (TPSA) is 44.0 Å². The summed E-state index contributed by atoms with van der Waals surface area (Å²) in [5, 5.41) is 18.5. The van der Waals surface area contributed by atoms with E-state index in [1.54, 1.807) is 0 Å². The van der Waals surface area contributed by atoms with Crippen molar-refractivity contribution >= 4 is 0 Å². The number of aliphatic hydroxyl groups is 1. The zero-order chi connectivity index (χ0) is 10.0. The zero-order valence-corrected chi connectivity index (χ0v) is 8.17. The molecule has 13 heavy (non-hydrogen) atoms. The van der Waals surface area contributed by atoms with Gasteiger partial charge in [-0.2, -0.15) is 5.26 Å². The SMILES string of the molecule is C=C(C)[C@H]1CC(C#N)=C(C)[C@@H](O)C1. The van der Waals surface area contributed by atoms with Crippen molar-refractivity contribution in [3.8, 4) is 6.07 Å². The van der Waals surface area contributed by atoms with Gasteiger partial charge in [-0.25, -0.2) is 0 Å². The average molecular weight is 177 g/mol. The van der Waals surface area contributed by atoms with Gasteiger partial charge in [-0.15, -0.1) is 0 Å². The minimum Gasteiger partial charge on any atom is -0.389 e. The molecule has 0 saturated heterocycles. The molecule has 0 spiro atoms. The Hall–Kier alpha value is -1.07. The van der Waals surface area contributed by atoms with Crippen molar-refractivity contribution in [2.24, 2.45) is 5.92 Å². The zero-order valence-electron chi connectivity index (χ0n) is 8.17. The van der Waals surface area contributed by atoms with Crippen LogP contribution in [0.15, 0.2) is 23.3 Å². The maximum absolute atomic E-state index is 9.65. The van der Waals surface area contributed by atoms with Crippen LogP contribution in [0.2, 0.25) is 0 Å². The molecule has 2 heteroatoms. The van der Waals surface area contributed by atoms with Gasteiger partial charge in [0.2, 0.25) is 0 Å². The Labute approximate surface area is 79.2 Å². The van der Waals surface area contributed by atoms with Crippen molar-refractivity contribution < 1.29 is 5.11 Å². The largest absolute Gasteiger partial charge is 0.389 e. The molecule has 0 bridgehead atoms. The fourth-order valence-electron chi connectivity index (χ4n) is 1.65. The summed E-state index contributed by atoms with van der Waals surface area (Å²) in [6, 6.07) is 2.15. The highest BCUT2D eigenvalue weighted by molar-refractivity contribution is 5.33. The number of nitrogens with zero attached hydrogens (tertiary/aromatic N) is 1. The van der Waals surface area contributed by atoms with Crippen molar-refractivity contribution in [1.29, 1.82) is 5.26 Å². The third-order valence-electron chi connectivity index (χ3n) is 2.77. The van der Waals surface area contributed by atoms with E-state index in [1.165, 1.54) is 0 Å². The Morgan fingerprint density at radius 3 is 2.77 bits per heavy atom. The molecule has 0 aromatic carbocycles. The van der Waals surface area contributed by atoms with E-state index in [0.717, 1.165) is 23.1 Å². The van der Waals surface area contributed by atoms with Gasteiger partial charge in [-0.05, 0) is 38.2 Å². The highest BCUT2D eigenvalue weighted by Gasteiger charge is 2.25. The second-order valence-electron chi connectivity index (χ2n) is 3.77. The van der Waals surface area contributed by atoms with Crippen LogP contribution in [0.3, 0.4) is 0 Å². The van der Waals surface area contributed by atoms with Crippen LogP contribution in [0.1, 0.15) is 26.7 Å². The normalized spacial score (nSPS) is 28.5. The number of rotatable bonds is 1. The number of allylic oxidation sites excluding steroid dienone is 2. The van der Waals surface area contributed by atoms with Gasteiger partial charge in [-0.3, -0.25) is 0 Å². The van der Waals surface area contributed by atoms with E-state index in [0.29, 0.717) is 6.42 Å².